The van der Waals surface area contributed by atoms with E-state index in [-0.39, 0.29) is 11.4 Å². The van der Waals surface area contributed by atoms with Gasteiger partial charge in [-0.15, -0.1) is 0 Å². The average molecular weight is 389 g/mol. The van der Waals surface area contributed by atoms with Gasteiger partial charge in [-0.1, -0.05) is 0 Å². The zero-order valence-electron chi connectivity index (χ0n) is 16.7. The molecule has 0 aliphatic carbocycles. The predicted molar refractivity (Wildman–Crippen MR) is 108 cm³/mol. The average Bonchev–Trinajstić information content (AvgIpc) is 3.21. The van der Waals surface area contributed by atoms with E-state index in [4.69, 9.17) is 15.2 Å². The second-order valence-electron chi connectivity index (χ2n) is 6.97. The Morgan fingerprint density at radius 2 is 1.96 bits per heavy atom. The summed E-state index contributed by atoms with van der Waals surface area (Å²) in [7, 11) is 3.38. The third-order valence-corrected chi connectivity index (χ3v) is 4.94. The maximum absolute atomic E-state index is 13.8. The summed E-state index contributed by atoms with van der Waals surface area (Å²) in [5.74, 6) is 1.80. The molecule has 0 amide bonds. The van der Waals surface area contributed by atoms with Gasteiger partial charge in [-0.25, -0.2) is 14.4 Å². The van der Waals surface area contributed by atoms with Crippen molar-refractivity contribution in [1.82, 2.24) is 14.9 Å². The molecule has 2 aromatic rings. The minimum Gasteiger partial charge on any atom is -0.491 e. The number of likely N-dealkylation sites (tertiary alicyclic amines) is 1. The molecule has 3 rings (SSSR count). The maximum Gasteiger partial charge on any atom is 0.179 e. The number of rotatable bonds is 8. The van der Waals surface area contributed by atoms with E-state index in [9.17, 15) is 4.39 Å². The summed E-state index contributed by atoms with van der Waals surface area (Å²) in [5, 5.41) is 0. The molecule has 0 radical (unpaired) electrons. The monoisotopic (exact) mass is 389 g/mol. The number of nitrogen functional groups attached to an aromatic ring is 1. The first-order chi connectivity index (χ1) is 13.5. The number of nitrogens with two attached hydrogens (primary N) is 1. The van der Waals surface area contributed by atoms with Crippen LogP contribution >= 0.6 is 0 Å². The number of hydrogen-bond acceptors (Lipinski definition) is 7. The smallest absolute Gasteiger partial charge is 0.179 e. The highest BCUT2D eigenvalue weighted by Crippen LogP contribution is 2.32. The summed E-state index contributed by atoms with van der Waals surface area (Å²) in [4.78, 5) is 12.8. The topological polar surface area (TPSA) is 76.7 Å². The van der Waals surface area contributed by atoms with E-state index in [0.29, 0.717) is 29.7 Å². The number of aryl methyl sites for hydroxylation is 1. The summed E-state index contributed by atoms with van der Waals surface area (Å²) in [6.45, 7) is 5.58. The van der Waals surface area contributed by atoms with Gasteiger partial charge in [-0.2, -0.15) is 0 Å². The van der Waals surface area contributed by atoms with Gasteiger partial charge in [0.15, 0.2) is 17.3 Å². The fourth-order valence-corrected chi connectivity index (χ4v) is 3.29. The van der Waals surface area contributed by atoms with Crippen LogP contribution in [-0.2, 0) is 0 Å². The Morgan fingerprint density at radius 3 is 2.64 bits per heavy atom. The number of halogens is 1. The molecule has 0 saturated carbocycles. The Morgan fingerprint density at radius 1 is 1.21 bits per heavy atom. The molecule has 2 aromatic heterocycles. The van der Waals surface area contributed by atoms with E-state index in [0.717, 1.165) is 13.0 Å². The molecule has 152 valence electrons. The molecule has 0 spiro atoms. The van der Waals surface area contributed by atoms with Crippen molar-refractivity contribution in [2.45, 2.75) is 26.2 Å². The molecule has 1 aliphatic heterocycles. The van der Waals surface area contributed by atoms with Gasteiger partial charge in [-0.05, 0) is 39.3 Å². The van der Waals surface area contributed by atoms with Crippen LogP contribution in [0.3, 0.4) is 0 Å². The van der Waals surface area contributed by atoms with Gasteiger partial charge in [0, 0.05) is 25.7 Å². The Kier molecular flexibility index (Phi) is 6.51. The number of nitrogens with zero attached hydrogens (tertiary/aromatic N) is 4. The van der Waals surface area contributed by atoms with Crippen LogP contribution < -0.4 is 20.1 Å². The number of pyridine rings is 2. The molecule has 0 atom stereocenters. The van der Waals surface area contributed by atoms with Gasteiger partial charge >= 0.3 is 0 Å². The van der Waals surface area contributed by atoms with Crippen molar-refractivity contribution in [3.8, 4) is 11.5 Å². The molecule has 7 nitrogen and oxygen atoms in total. The number of methoxy groups -OCH3 is 1. The summed E-state index contributed by atoms with van der Waals surface area (Å²) < 4.78 is 25.1. The Labute approximate surface area is 165 Å². The van der Waals surface area contributed by atoms with Crippen LogP contribution in [0.2, 0.25) is 0 Å². The molecule has 28 heavy (non-hydrogen) atoms. The van der Waals surface area contributed by atoms with E-state index < -0.39 is 5.82 Å². The first-order valence-electron chi connectivity index (χ1n) is 9.55. The van der Waals surface area contributed by atoms with E-state index in [2.05, 4.69) is 14.9 Å². The fraction of sp³-hybridized carbons (Fsp3) is 0.500. The van der Waals surface area contributed by atoms with Crippen LogP contribution in [0.25, 0.3) is 0 Å². The Balaban J connectivity index is 1.70. The van der Waals surface area contributed by atoms with Crippen LogP contribution in [0.5, 0.6) is 11.5 Å². The molecular weight excluding hydrogens is 361 g/mol. The zero-order valence-corrected chi connectivity index (χ0v) is 16.7. The van der Waals surface area contributed by atoms with Crippen molar-refractivity contribution in [3.63, 3.8) is 0 Å². The van der Waals surface area contributed by atoms with E-state index in [1.165, 1.54) is 32.0 Å². The standard InChI is InChI=1S/C20H28FN5O2/c1-14-20(21)15(22)11-19(24-14)25(2)18-12-16(17(27-3)13-23-18)28-10-6-9-26-7-4-5-8-26/h11-13H,4-10H2,1-3H3,(H2,22,24). The maximum atomic E-state index is 13.8. The lowest BCUT2D eigenvalue weighted by Crippen LogP contribution is -2.22. The quantitative estimate of drug-likeness (QED) is 0.695. The Bertz CT molecular complexity index is 788. The largest absolute Gasteiger partial charge is 0.491 e. The van der Waals surface area contributed by atoms with Gasteiger partial charge in [0.2, 0.25) is 0 Å². The SMILES string of the molecule is COc1cnc(N(C)c2cc(N)c(F)c(C)n2)cc1OCCCN1CCCC1. The lowest BCUT2D eigenvalue weighted by Gasteiger charge is -2.20. The van der Waals surface area contributed by atoms with Crippen molar-refractivity contribution < 1.29 is 13.9 Å². The second kappa shape index (κ2) is 9.05. The molecular formula is C20H28FN5O2. The molecule has 3 heterocycles. The van der Waals surface area contributed by atoms with Gasteiger partial charge in [0.05, 0.1) is 31.3 Å². The molecule has 0 unspecified atom stereocenters. The lowest BCUT2D eigenvalue weighted by atomic mass is 10.3. The summed E-state index contributed by atoms with van der Waals surface area (Å²) in [6, 6.07) is 3.29. The molecule has 8 heteroatoms. The summed E-state index contributed by atoms with van der Waals surface area (Å²) >= 11 is 0. The van der Waals surface area contributed by atoms with Crippen molar-refractivity contribution in [3.05, 3.63) is 29.8 Å². The lowest BCUT2D eigenvalue weighted by molar-refractivity contribution is 0.254. The predicted octanol–water partition coefficient (Wildman–Crippen LogP) is 3.15. The first kappa shape index (κ1) is 20.1. The molecule has 0 aromatic carbocycles. The number of hydrogen-bond donors (Lipinski definition) is 1. The molecule has 1 saturated heterocycles. The summed E-state index contributed by atoms with van der Waals surface area (Å²) in [6.07, 6.45) is 5.14. The minimum atomic E-state index is -0.498. The van der Waals surface area contributed by atoms with Crippen molar-refractivity contribution in [1.29, 1.82) is 0 Å². The molecule has 1 fully saturated rings. The molecule has 1 aliphatic rings. The van der Waals surface area contributed by atoms with Gasteiger partial charge < -0.3 is 25.0 Å². The van der Waals surface area contributed by atoms with Crippen LogP contribution in [-0.4, -0.2) is 55.3 Å². The third kappa shape index (κ3) is 4.62. The van der Waals surface area contributed by atoms with E-state index in [1.807, 2.05) is 0 Å². The number of aromatic nitrogens is 2. The van der Waals surface area contributed by atoms with Crippen LogP contribution in [0, 0.1) is 12.7 Å². The van der Waals surface area contributed by atoms with Gasteiger partial charge in [0.25, 0.3) is 0 Å². The Hall–Kier alpha value is -2.61. The highest BCUT2D eigenvalue weighted by atomic mass is 19.1. The molecule has 0 bridgehead atoms. The van der Waals surface area contributed by atoms with Crippen molar-refractivity contribution in [2.24, 2.45) is 0 Å². The highest BCUT2D eigenvalue weighted by Gasteiger charge is 2.16. The van der Waals surface area contributed by atoms with Crippen molar-refractivity contribution >= 4 is 17.3 Å². The van der Waals surface area contributed by atoms with Gasteiger partial charge in [-0.3, -0.25) is 0 Å². The highest BCUT2D eigenvalue weighted by molar-refractivity contribution is 5.62. The zero-order chi connectivity index (χ0) is 20.1. The van der Waals surface area contributed by atoms with Crippen LogP contribution in [0.1, 0.15) is 25.0 Å². The normalized spacial score (nSPS) is 14.3. The fourth-order valence-electron chi connectivity index (χ4n) is 3.29. The van der Waals surface area contributed by atoms with Crippen LogP contribution in [0.4, 0.5) is 21.7 Å². The summed E-state index contributed by atoms with van der Waals surface area (Å²) in [5.41, 5.74) is 6.04. The molecule has 2 N–H and O–H groups in total. The first-order valence-corrected chi connectivity index (χ1v) is 9.55. The van der Waals surface area contributed by atoms with E-state index in [1.54, 1.807) is 38.2 Å². The third-order valence-electron chi connectivity index (χ3n) is 4.94. The van der Waals surface area contributed by atoms with E-state index >= 15 is 0 Å². The van der Waals surface area contributed by atoms with Crippen LogP contribution in [0.15, 0.2) is 18.3 Å². The number of ether oxygens (including phenoxy) is 2. The van der Waals surface area contributed by atoms with Crippen molar-refractivity contribution in [2.75, 3.05) is 51.0 Å². The number of anilines is 3. The minimum absolute atomic E-state index is 0.0567. The van der Waals surface area contributed by atoms with Gasteiger partial charge in [0.1, 0.15) is 11.6 Å². The second-order valence-corrected chi connectivity index (χ2v) is 6.97.